The third-order valence-electron chi connectivity index (χ3n) is 1.65. The van der Waals surface area contributed by atoms with Gasteiger partial charge < -0.3 is 0 Å². The van der Waals surface area contributed by atoms with E-state index in [1.165, 1.54) is 0 Å². The first kappa shape index (κ1) is 13.1. The van der Waals surface area contributed by atoms with Crippen molar-refractivity contribution in [2.24, 2.45) is 0 Å². The van der Waals surface area contributed by atoms with Gasteiger partial charge in [-0.1, -0.05) is 18.5 Å². The maximum absolute atomic E-state index is 11.1. The molecule has 0 radical (unpaired) electrons. The number of aryl methyl sites for hydroxylation is 1. The number of sulfone groups is 1. The molecule has 0 aliphatic rings. The fraction of sp³-hybridized carbons (Fsp3) is 0.500. The van der Waals surface area contributed by atoms with Crippen LogP contribution in [-0.2, 0) is 22.0 Å². The molecular weight excluding hydrogens is 351 g/mol. The molecule has 0 bridgehead atoms. The summed E-state index contributed by atoms with van der Waals surface area (Å²) in [5.41, 5.74) is 0.786. The van der Waals surface area contributed by atoms with Crippen LogP contribution >= 0.6 is 34.2 Å². The fourth-order valence-electron chi connectivity index (χ4n) is 1.04. The zero-order valence-corrected chi connectivity index (χ0v) is 12.0. The first-order valence-corrected chi connectivity index (χ1v) is 7.73. The van der Waals surface area contributed by atoms with Crippen molar-refractivity contribution in [2.75, 3.05) is 6.26 Å². The molecule has 0 aliphatic heterocycles. The molecule has 0 N–H and O–H groups in total. The zero-order chi connectivity index (χ0) is 11.6. The van der Waals surface area contributed by atoms with Crippen LogP contribution in [0.2, 0.25) is 5.15 Å². The smallest absolute Gasteiger partial charge is 0.154 e. The molecule has 0 aliphatic carbocycles. The summed E-state index contributed by atoms with van der Waals surface area (Å²) in [4.78, 5) is 8.09. The van der Waals surface area contributed by atoms with Gasteiger partial charge in [0.2, 0.25) is 0 Å². The molecule has 0 spiro atoms. The second kappa shape index (κ2) is 4.92. The zero-order valence-electron chi connectivity index (χ0n) is 8.29. The van der Waals surface area contributed by atoms with E-state index >= 15 is 0 Å². The van der Waals surface area contributed by atoms with Gasteiger partial charge in [-0.25, -0.2) is 18.4 Å². The number of nitrogens with zero attached hydrogens (tertiary/aromatic N) is 2. The van der Waals surface area contributed by atoms with Gasteiger partial charge in [-0.2, -0.15) is 0 Å². The molecule has 1 aromatic heterocycles. The van der Waals surface area contributed by atoms with E-state index in [1.807, 2.05) is 6.92 Å². The Bertz CT molecular complexity index is 476. The Morgan fingerprint density at radius 3 is 2.47 bits per heavy atom. The average molecular weight is 361 g/mol. The number of aromatic nitrogens is 2. The lowest BCUT2D eigenvalue weighted by molar-refractivity contribution is 0.599. The molecule has 4 nitrogen and oxygen atoms in total. The predicted octanol–water partition coefficient (Wildman–Crippen LogP) is 1.84. The Labute approximate surface area is 108 Å². The van der Waals surface area contributed by atoms with Crippen molar-refractivity contribution >= 4 is 44.0 Å². The highest BCUT2D eigenvalue weighted by molar-refractivity contribution is 14.1. The van der Waals surface area contributed by atoms with Crippen LogP contribution in [0.5, 0.6) is 0 Å². The Morgan fingerprint density at radius 1 is 1.40 bits per heavy atom. The van der Waals surface area contributed by atoms with Gasteiger partial charge in [-0.3, -0.25) is 0 Å². The van der Waals surface area contributed by atoms with Crippen LogP contribution in [-0.4, -0.2) is 24.6 Å². The van der Waals surface area contributed by atoms with Crippen LogP contribution in [0.25, 0.3) is 0 Å². The average Bonchev–Trinajstić information content (AvgIpc) is 2.08. The van der Waals surface area contributed by atoms with Gasteiger partial charge in [0.1, 0.15) is 16.7 Å². The highest BCUT2D eigenvalue weighted by Gasteiger charge is 2.13. The van der Waals surface area contributed by atoms with Gasteiger partial charge >= 0.3 is 0 Å². The number of rotatable bonds is 3. The minimum Gasteiger partial charge on any atom is -0.236 e. The van der Waals surface area contributed by atoms with Crippen LogP contribution in [0.15, 0.2) is 0 Å². The van der Waals surface area contributed by atoms with E-state index in [1.54, 1.807) is 0 Å². The largest absolute Gasteiger partial charge is 0.236 e. The summed E-state index contributed by atoms with van der Waals surface area (Å²) in [6.45, 7) is 1.94. The third kappa shape index (κ3) is 3.84. The normalized spacial score (nSPS) is 11.7. The lowest BCUT2D eigenvalue weighted by atomic mass is 10.3. The van der Waals surface area contributed by atoms with Gasteiger partial charge in [0, 0.05) is 6.26 Å². The first-order chi connectivity index (χ1) is 6.83. The molecule has 0 atom stereocenters. The Balaban J connectivity index is 3.17. The first-order valence-electron chi connectivity index (χ1n) is 4.22. The SMILES string of the molecule is CCc1nc(CS(C)(=O)=O)nc(Cl)c1I. The number of halogens is 2. The van der Waals surface area contributed by atoms with E-state index in [2.05, 4.69) is 32.6 Å². The van der Waals surface area contributed by atoms with Crippen molar-refractivity contribution < 1.29 is 8.42 Å². The summed E-state index contributed by atoms with van der Waals surface area (Å²) < 4.78 is 22.9. The van der Waals surface area contributed by atoms with E-state index < -0.39 is 9.84 Å². The maximum Gasteiger partial charge on any atom is 0.154 e. The molecule has 84 valence electrons. The lowest BCUT2D eigenvalue weighted by Gasteiger charge is -2.05. The summed E-state index contributed by atoms with van der Waals surface area (Å²) >= 11 is 7.93. The molecular formula is C8H10ClIN2O2S. The second-order valence-electron chi connectivity index (χ2n) is 3.11. The molecule has 7 heteroatoms. The third-order valence-corrected chi connectivity index (χ3v) is 4.16. The predicted molar refractivity (Wildman–Crippen MR) is 67.7 cm³/mol. The highest BCUT2D eigenvalue weighted by Crippen LogP contribution is 2.20. The monoisotopic (exact) mass is 360 g/mol. The highest BCUT2D eigenvalue weighted by atomic mass is 127. The van der Waals surface area contributed by atoms with Crippen molar-refractivity contribution in [3.8, 4) is 0 Å². The minimum absolute atomic E-state index is 0.170. The second-order valence-corrected chi connectivity index (χ2v) is 6.69. The van der Waals surface area contributed by atoms with Crippen molar-refractivity contribution in [1.82, 2.24) is 9.97 Å². The van der Waals surface area contributed by atoms with E-state index in [0.29, 0.717) is 11.6 Å². The summed E-state index contributed by atoms with van der Waals surface area (Å²) in [5.74, 6) is 0.0937. The number of hydrogen-bond donors (Lipinski definition) is 0. The van der Waals surface area contributed by atoms with Gasteiger partial charge in [0.15, 0.2) is 9.84 Å². The molecule has 1 rings (SSSR count). The van der Waals surface area contributed by atoms with Gasteiger partial charge in [0.25, 0.3) is 0 Å². The van der Waals surface area contributed by atoms with Crippen molar-refractivity contribution in [3.63, 3.8) is 0 Å². The van der Waals surface area contributed by atoms with Gasteiger partial charge in [-0.15, -0.1) is 0 Å². The van der Waals surface area contributed by atoms with Crippen molar-refractivity contribution in [2.45, 2.75) is 19.1 Å². The molecule has 0 amide bonds. The molecule has 0 unspecified atom stereocenters. The van der Waals surface area contributed by atoms with Crippen LogP contribution in [0.3, 0.4) is 0 Å². The van der Waals surface area contributed by atoms with Gasteiger partial charge in [0.05, 0.1) is 9.26 Å². The summed E-state index contributed by atoms with van der Waals surface area (Å²) in [6, 6.07) is 0. The van der Waals surface area contributed by atoms with Gasteiger partial charge in [-0.05, 0) is 29.0 Å². The standard InChI is InChI=1S/C8H10ClIN2O2S/c1-3-5-7(10)8(9)12-6(11-5)4-15(2,13)14/h3-4H2,1-2H3. The molecule has 0 saturated heterocycles. The minimum atomic E-state index is -3.12. The fourth-order valence-corrected chi connectivity index (χ4v) is 2.47. The van der Waals surface area contributed by atoms with Crippen LogP contribution in [0.1, 0.15) is 18.4 Å². The van der Waals surface area contributed by atoms with E-state index in [0.717, 1.165) is 15.5 Å². The topological polar surface area (TPSA) is 59.9 Å². The Kier molecular flexibility index (Phi) is 4.30. The molecule has 15 heavy (non-hydrogen) atoms. The Morgan fingerprint density at radius 2 is 2.00 bits per heavy atom. The quantitative estimate of drug-likeness (QED) is 0.610. The Hall–Kier alpha value is 0.0500. The van der Waals surface area contributed by atoms with E-state index in [9.17, 15) is 8.42 Å². The van der Waals surface area contributed by atoms with Crippen LogP contribution in [0.4, 0.5) is 0 Å². The summed E-state index contributed by atoms with van der Waals surface area (Å²) in [6.07, 6.45) is 1.85. The molecule has 1 heterocycles. The summed E-state index contributed by atoms with van der Waals surface area (Å²) in [5, 5.41) is 0.320. The molecule has 0 saturated carbocycles. The number of hydrogen-bond acceptors (Lipinski definition) is 4. The maximum atomic E-state index is 11.1. The van der Waals surface area contributed by atoms with Crippen LogP contribution in [0, 0.1) is 3.57 Å². The lowest BCUT2D eigenvalue weighted by Crippen LogP contribution is -2.08. The van der Waals surface area contributed by atoms with E-state index in [-0.39, 0.29) is 11.6 Å². The summed E-state index contributed by atoms with van der Waals surface area (Å²) in [7, 11) is -3.12. The van der Waals surface area contributed by atoms with Crippen LogP contribution < -0.4 is 0 Å². The molecule has 0 fully saturated rings. The van der Waals surface area contributed by atoms with E-state index in [4.69, 9.17) is 11.6 Å². The van der Waals surface area contributed by atoms with Crippen molar-refractivity contribution in [3.05, 3.63) is 20.2 Å². The molecule has 1 aromatic rings. The molecule has 0 aromatic carbocycles. The van der Waals surface area contributed by atoms with Crippen molar-refractivity contribution in [1.29, 1.82) is 0 Å².